The molecule has 4 heteroatoms. The quantitative estimate of drug-likeness (QED) is 0.651. The predicted molar refractivity (Wildman–Crippen MR) is 72.1 cm³/mol. The molecule has 0 heterocycles. The molecule has 0 saturated carbocycles. The smallest absolute Gasteiger partial charge is 0.337 e. The molecule has 1 aromatic carbocycles. The van der Waals surface area contributed by atoms with Crippen LogP contribution in [0.2, 0.25) is 0 Å². The van der Waals surface area contributed by atoms with E-state index in [0.29, 0.717) is 17.2 Å². The van der Waals surface area contributed by atoms with Crippen LogP contribution in [0.3, 0.4) is 0 Å². The van der Waals surface area contributed by atoms with Crippen LogP contribution < -0.4 is 5.32 Å². The number of para-hydroxylation sites is 1. The van der Waals surface area contributed by atoms with E-state index in [2.05, 4.69) is 5.32 Å². The highest BCUT2D eigenvalue weighted by atomic mass is 16.4. The maximum Gasteiger partial charge on any atom is 0.337 e. The molecule has 1 aromatic rings. The molecule has 0 aliphatic rings. The first-order valence-corrected chi connectivity index (χ1v) is 6.24. The topological polar surface area (TPSA) is 69.6 Å². The summed E-state index contributed by atoms with van der Waals surface area (Å²) < 4.78 is 0. The van der Waals surface area contributed by atoms with E-state index >= 15 is 0 Å². The molecule has 1 rings (SSSR count). The third kappa shape index (κ3) is 4.04. The van der Waals surface area contributed by atoms with Gasteiger partial charge in [-0.05, 0) is 37.3 Å². The van der Waals surface area contributed by atoms with Crippen molar-refractivity contribution in [2.45, 2.75) is 26.7 Å². The number of carboxylic acid groups (broad SMARTS) is 1. The summed E-state index contributed by atoms with van der Waals surface area (Å²) >= 11 is 0. The van der Waals surface area contributed by atoms with Gasteiger partial charge in [0.1, 0.15) is 0 Å². The number of aromatic carboxylic acids is 1. The summed E-state index contributed by atoms with van der Waals surface area (Å²) in [5.41, 5.74) is 1.94. The van der Waals surface area contributed by atoms with Crippen LogP contribution in [0.4, 0.5) is 5.69 Å². The van der Waals surface area contributed by atoms with Gasteiger partial charge >= 0.3 is 5.97 Å². The molecule has 0 amide bonds. The number of anilines is 1. The Morgan fingerprint density at radius 3 is 2.78 bits per heavy atom. The van der Waals surface area contributed by atoms with Gasteiger partial charge in [-0.3, -0.25) is 0 Å². The highest BCUT2D eigenvalue weighted by molar-refractivity contribution is 5.95. The summed E-state index contributed by atoms with van der Waals surface area (Å²) in [5.74, 6) is -0.618. The third-order valence-corrected chi connectivity index (χ3v) is 2.99. The molecule has 0 aromatic heterocycles. The normalized spacial score (nSPS) is 12.2. The fourth-order valence-electron chi connectivity index (χ4n) is 1.84. The Kier molecular flexibility index (Phi) is 5.65. The van der Waals surface area contributed by atoms with Gasteiger partial charge in [0.25, 0.3) is 0 Å². The molecule has 0 spiro atoms. The number of hydrogen-bond donors (Lipinski definition) is 3. The average Bonchev–Trinajstić information content (AvgIpc) is 2.35. The van der Waals surface area contributed by atoms with Crippen LogP contribution in [-0.4, -0.2) is 29.3 Å². The average molecular weight is 251 g/mol. The number of aliphatic hydroxyl groups excluding tert-OH is 1. The first kappa shape index (κ1) is 14.5. The molecule has 0 aliphatic heterocycles. The SMILES string of the molecule is Cc1cccc(C(=O)O)c1NCCCC(C)CO. The lowest BCUT2D eigenvalue weighted by molar-refractivity contribution is 0.0698. The standard InChI is InChI=1S/C14H21NO3/c1-10(9-16)5-4-8-15-13-11(2)6-3-7-12(13)14(17)18/h3,6-7,10,15-16H,4-5,8-9H2,1-2H3,(H,17,18). The Bertz CT molecular complexity index is 404. The molecule has 100 valence electrons. The van der Waals surface area contributed by atoms with Crippen LogP contribution in [0.25, 0.3) is 0 Å². The molecule has 1 unspecified atom stereocenters. The Labute approximate surface area is 108 Å². The van der Waals surface area contributed by atoms with E-state index in [0.717, 1.165) is 24.9 Å². The van der Waals surface area contributed by atoms with Crippen LogP contribution in [0.15, 0.2) is 18.2 Å². The summed E-state index contributed by atoms with van der Waals surface area (Å²) in [6.45, 7) is 4.81. The zero-order valence-corrected chi connectivity index (χ0v) is 10.9. The number of rotatable bonds is 7. The first-order chi connectivity index (χ1) is 8.56. The van der Waals surface area contributed by atoms with Crippen molar-refractivity contribution < 1.29 is 15.0 Å². The number of aliphatic hydroxyl groups is 1. The van der Waals surface area contributed by atoms with Crippen molar-refractivity contribution in [1.29, 1.82) is 0 Å². The highest BCUT2D eigenvalue weighted by Gasteiger charge is 2.11. The van der Waals surface area contributed by atoms with Crippen LogP contribution in [0.5, 0.6) is 0 Å². The number of aryl methyl sites for hydroxylation is 1. The first-order valence-electron chi connectivity index (χ1n) is 6.24. The minimum Gasteiger partial charge on any atom is -0.478 e. The number of nitrogens with one attached hydrogen (secondary N) is 1. The van der Waals surface area contributed by atoms with Crippen LogP contribution >= 0.6 is 0 Å². The largest absolute Gasteiger partial charge is 0.478 e. The fourth-order valence-corrected chi connectivity index (χ4v) is 1.84. The molecule has 0 aliphatic carbocycles. The van der Waals surface area contributed by atoms with Crippen LogP contribution in [0.1, 0.15) is 35.7 Å². The van der Waals surface area contributed by atoms with Crippen LogP contribution in [-0.2, 0) is 0 Å². The van der Waals surface area contributed by atoms with Crippen molar-refractivity contribution >= 4 is 11.7 Å². The minimum atomic E-state index is -0.912. The van der Waals surface area contributed by atoms with E-state index in [1.807, 2.05) is 19.9 Å². The Morgan fingerprint density at radius 1 is 1.44 bits per heavy atom. The van der Waals surface area contributed by atoms with Gasteiger partial charge in [0.2, 0.25) is 0 Å². The van der Waals surface area contributed by atoms with E-state index in [1.165, 1.54) is 0 Å². The second kappa shape index (κ2) is 7.01. The van der Waals surface area contributed by atoms with Gasteiger partial charge in [-0.2, -0.15) is 0 Å². The van der Waals surface area contributed by atoms with Gasteiger partial charge in [0, 0.05) is 13.2 Å². The summed E-state index contributed by atoms with van der Waals surface area (Å²) in [5, 5.41) is 21.2. The second-order valence-corrected chi connectivity index (χ2v) is 4.66. The van der Waals surface area contributed by atoms with Crippen molar-refractivity contribution in [3.05, 3.63) is 29.3 Å². The molecular formula is C14H21NO3. The summed E-state index contributed by atoms with van der Waals surface area (Å²) in [7, 11) is 0. The van der Waals surface area contributed by atoms with Gasteiger partial charge in [0.05, 0.1) is 11.3 Å². The van der Waals surface area contributed by atoms with E-state index in [1.54, 1.807) is 12.1 Å². The van der Waals surface area contributed by atoms with Crippen molar-refractivity contribution in [1.82, 2.24) is 0 Å². The van der Waals surface area contributed by atoms with E-state index in [4.69, 9.17) is 10.2 Å². The molecular weight excluding hydrogens is 230 g/mol. The lowest BCUT2D eigenvalue weighted by atomic mass is 10.1. The fraction of sp³-hybridized carbons (Fsp3) is 0.500. The number of carboxylic acids is 1. The van der Waals surface area contributed by atoms with E-state index in [9.17, 15) is 4.79 Å². The monoisotopic (exact) mass is 251 g/mol. The van der Waals surface area contributed by atoms with Gasteiger partial charge in [0.15, 0.2) is 0 Å². The maximum absolute atomic E-state index is 11.1. The van der Waals surface area contributed by atoms with Gasteiger partial charge in [-0.15, -0.1) is 0 Å². The van der Waals surface area contributed by atoms with Gasteiger partial charge in [-0.1, -0.05) is 19.1 Å². The van der Waals surface area contributed by atoms with Crippen molar-refractivity contribution in [3.8, 4) is 0 Å². The van der Waals surface area contributed by atoms with Gasteiger partial charge < -0.3 is 15.5 Å². The number of hydrogen-bond acceptors (Lipinski definition) is 3. The van der Waals surface area contributed by atoms with E-state index in [-0.39, 0.29) is 6.61 Å². The zero-order valence-electron chi connectivity index (χ0n) is 10.9. The van der Waals surface area contributed by atoms with E-state index < -0.39 is 5.97 Å². The lowest BCUT2D eigenvalue weighted by Crippen LogP contribution is -2.10. The number of benzene rings is 1. The van der Waals surface area contributed by atoms with Crippen molar-refractivity contribution in [2.24, 2.45) is 5.92 Å². The summed E-state index contributed by atoms with van der Waals surface area (Å²) in [6, 6.07) is 5.25. The summed E-state index contributed by atoms with van der Waals surface area (Å²) in [6.07, 6.45) is 1.84. The zero-order chi connectivity index (χ0) is 13.5. The number of carbonyl (C=O) groups is 1. The molecule has 0 radical (unpaired) electrons. The summed E-state index contributed by atoms with van der Waals surface area (Å²) in [4.78, 5) is 11.1. The predicted octanol–water partition coefficient (Wildman–Crippen LogP) is 2.51. The molecule has 1 atom stereocenters. The molecule has 0 saturated heterocycles. The molecule has 0 fully saturated rings. The molecule has 0 bridgehead atoms. The Morgan fingerprint density at radius 2 is 2.17 bits per heavy atom. The molecule has 18 heavy (non-hydrogen) atoms. The molecule has 4 nitrogen and oxygen atoms in total. The third-order valence-electron chi connectivity index (χ3n) is 2.99. The second-order valence-electron chi connectivity index (χ2n) is 4.66. The van der Waals surface area contributed by atoms with Crippen molar-refractivity contribution in [3.63, 3.8) is 0 Å². The lowest BCUT2D eigenvalue weighted by Gasteiger charge is -2.13. The van der Waals surface area contributed by atoms with Crippen LogP contribution in [0, 0.1) is 12.8 Å². The minimum absolute atomic E-state index is 0.199. The molecule has 3 N–H and O–H groups in total. The van der Waals surface area contributed by atoms with Crippen molar-refractivity contribution in [2.75, 3.05) is 18.5 Å². The maximum atomic E-state index is 11.1. The Balaban J connectivity index is 2.59. The van der Waals surface area contributed by atoms with Gasteiger partial charge in [-0.25, -0.2) is 4.79 Å². The Hall–Kier alpha value is -1.55. The highest BCUT2D eigenvalue weighted by Crippen LogP contribution is 2.20.